The normalized spacial score (nSPS) is 20.0. The first kappa shape index (κ1) is 71.4. The van der Waals surface area contributed by atoms with E-state index >= 15 is 0 Å². The third-order valence-corrected chi connectivity index (χ3v) is 24.3. The summed E-state index contributed by atoms with van der Waals surface area (Å²) in [6.45, 7) is 4.67. The monoisotopic (exact) mass is 1560 g/mol. The number of halogens is 3. The van der Waals surface area contributed by atoms with Gasteiger partial charge in [-0.25, -0.2) is 0 Å². The molecule has 516 valence electrons. The van der Waals surface area contributed by atoms with Gasteiger partial charge in [0.2, 0.25) is 16.8 Å². The van der Waals surface area contributed by atoms with Gasteiger partial charge in [-0.3, -0.25) is 0 Å². The molecule has 6 unspecified atom stereocenters. The molecule has 3 saturated carbocycles. The molecule has 3 aliphatic carbocycles. The van der Waals surface area contributed by atoms with E-state index in [0.717, 1.165) is 28.5 Å². The number of ether oxygens (including phenoxy) is 2. The number of nitrogens with zero attached hydrogens (tertiary/aromatic N) is 6. The lowest BCUT2D eigenvalue weighted by molar-refractivity contribution is -0.651. The second-order valence-electron chi connectivity index (χ2n) is 28.0. The summed E-state index contributed by atoms with van der Waals surface area (Å²) in [6.07, 6.45) is 27.1. The molecule has 0 bridgehead atoms. The lowest BCUT2D eigenvalue weighted by atomic mass is 9.81. The summed E-state index contributed by atoms with van der Waals surface area (Å²) in [5, 5.41) is 1.27. The van der Waals surface area contributed by atoms with E-state index < -0.39 is 0 Å². The highest BCUT2D eigenvalue weighted by molar-refractivity contribution is 7.98. The molecule has 9 nitrogen and oxygen atoms in total. The fraction of sp³-hybridized carbons (Fsp3) is 0.276. The summed E-state index contributed by atoms with van der Waals surface area (Å²) < 4.78 is 24.9. The Morgan fingerprint density at radius 1 is 0.475 bits per heavy atom. The Morgan fingerprint density at radius 3 is 1.52 bits per heavy atom. The molecule has 0 N–H and O–H groups in total. The smallest absolute Gasteiger partial charge is 0.373 e. The summed E-state index contributed by atoms with van der Waals surface area (Å²) in [5.41, 5.74) is 23.6. The molecule has 3 fully saturated rings. The third-order valence-electron chi connectivity index (χ3n) is 22.4. The van der Waals surface area contributed by atoms with Crippen molar-refractivity contribution in [3.8, 4) is 11.5 Å². The number of aryl methyl sites for hydroxylation is 2. The van der Waals surface area contributed by atoms with Crippen LogP contribution in [0.25, 0.3) is 51.7 Å². The minimum absolute atomic E-state index is 0. The first-order valence-electron chi connectivity index (χ1n) is 35.2. The van der Waals surface area contributed by atoms with Gasteiger partial charge in [-0.15, -0.1) is 11.8 Å². The van der Waals surface area contributed by atoms with Crippen LogP contribution < -0.4 is 84.3 Å². The van der Waals surface area contributed by atoms with Gasteiger partial charge in [0.05, 0.1) is 25.7 Å². The zero-order valence-corrected chi connectivity index (χ0v) is 65.1. The molecule has 14 heteroatoms. The summed E-state index contributed by atoms with van der Waals surface area (Å²) in [6, 6.07) is 74.3. The summed E-state index contributed by atoms with van der Waals surface area (Å²) in [5.74, 6) is 4.53. The first-order valence-corrected chi connectivity index (χ1v) is 37.2. The van der Waals surface area contributed by atoms with E-state index in [9.17, 15) is 0 Å². The van der Waals surface area contributed by atoms with Crippen molar-refractivity contribution in [2.24, 2.45) is 14.1 Å². The van der Waals surface area contributed by atoms with Crippen molar-refractivity contribution in [3.05, 3.63) is 256 Å². The van der Waals surface area contributed by atoms with Crippen LogP contribution in [0.4, 0.5) is 39.8 Å². The van der Waals surface area contributed by atoms with Crippen molar-refractivity contribution in [1.82, 2.24) is 0 Å². The van der Waals surface area contributed by atoms with Crippen LogP contribution in [0, 0.1) is 0 Å². The standard InChI is InChI=1S/C31H33N2S.C28H27N2O2.C28H27N2OS.3BrH/c1-31(2)26-9-5-6-10-29(26)32(3)30(31)19-13-21-12-18-28-25(20-21)24-8-7-11-27(24)33(28)22-14-16-23(34-4)17-15-22;1-29-26-7-3-4-9-27(26)32-28(29)17-11-19-10-16-25-23(18-19)22-6-5-8-24(22)30(25)20-12-14-21(31-2)15-13-20;1-29-26-10-3-4-12-27(26)32-28(29)16-14-19-13-15-25-23(17-19)22-9-6-11-24(22)30(25)20-7-5-8-21(18-20)31-2;;;/h5-6,9-10,12-20,24,27H,7-8,11H2,1-4H3;3-4,7,9-18,22,24H,5-6,8H2,1-2H3;3-5,7-8,10,12-18,22,24H,6,9,11H2,1-2H3;3*1H/q3*+1;;;/p-3. The number of thiazole rings is 1. The number of thioether (sulfide) groups is 1. The van der Waals surface area contributed by atoms with E-state index in [0.29, 0.717) is 35.9 Å². The number of oxazole rings is 1. The Hall–Kier alpha value is -7.98. The van der Waals surface area contributed by atoms with Crippen molar-refractivity contribution in [2.45, 2.75) is 118 Å². The summed E-state index contributed by atoms with van der Waals surface area (Å²) in [7, 11) is 9.85. The summed E-state index contributed by atoms with van der Waals surface area (Å²) >= 11 is 3.65. The average Bonchev–Trinajstić information content (AvgIpc) is 1.62. The fourth-order valence-corrected chi connectivity index (χ4v) is 19.0. The van der Waals surface area contributed by atoms with Crippen LogP contribution in [0.2, 0.25) is 0 Å². The number of anilines is 6. The average molecular weight is 1570 g/mol. The van der Waals surface area contributed by atoms with Crippen molar-refractivity contribution in [3.63, 3.8) is 0 Å². The topological polar surface area (TPSA) is 52.1 Å². The van der Waals surface area contributed by atoms with Crippen molar-refractivity contribution < 1.29 is 78.5 Å². The van der Waals surface area contributed by atoms with Gasteiger partial charge in [-0.2, -0.15) is 13.7 Å². The van der Waals surface area contributed by atoms with E-state index in [-0.39, 0.29) is 56.4 Å². The van der Waals surface area contributed by atoms with Gasteiger partial charge in [-0.1, -0.05) is 97.3 Å². The number of hydrogen-bond donors (Lipinski definition) is 0. The lowest BCUT2D eigenvalue weighted by Gasteiger charge is -2.27. The van der Waals surface area contributed by atoms with Crippen LogP contribution in [0.5, 0.6) is 11.5 Å². The maximum Gasteiger partial charge on any atom is 0.373 e. The highest BCUT2D eigenvalue weighted by atomic mass is 79.9. The van der Waals surface area contributed by atoms with E-state index in [4.69, 9.17) is 13.9 Å². The predicted octanol–water partition coefficient (Wildman–Crippen LogP) is 11.8. The fourth-order valence-electron chi connectivity index (χ4n) is 17.5. The van der Waals surface area contributed by atoms with Gasteiger partial charge in [0.25, 0.3) is 10.5 Å². The minimum atomic E-state index is 0. The number of allylic oxidation sites excluding steroid dienone is 1. The first-order chi connectivity index (χ1) is 47.9. The number of benzene rings is 9. The van der Waals surface area contributed by atoms with E-state index in [1.807, 2.05) is 54.4 Å². The number of methoxy groups -OCH3 is 2. The van der Waals surface area contributed by atoms with Gasteiger partial charge in [0.1, 0.15) is 37.3 Å². The van der Waals surface area contributed by atoms with Crippen LogP contribution in [0.1, 0.15) is 139 Å². The largest absolute Gasteiger partial charge is 1.00 e. The SMILES string of the molecule is COc1ccc(N2c3ccc(/C=C/c4oc5ccccc5[n+]4C)cc3C3CCCC32)cc1.COc1cccc(N2c3ccc(/C=C/c4sc5ccccc5[n+]4C)cc3C3CCCC32)c1.CSc1ccc(N2c3ccc(/C=C/C4=[N+](C)c5ccccc5C4(C)C)cc3C3CCCC32)cc1.[Br-].[Br-].[Br-]. The molecule has 0 saturated heterocycles. The molecule has 0 radical (unpaired) electrons. The number of aromatic nitrogens is 2. The van der Waals surface area contributed by atoms with E-state index in [1.165, 1.54) is 162 Å². The number of para-hydroxylation sites is 4. The van der Waals surface area contributed by atoms with Gasteiger partial charge >= 0.3 is 5.89 Å². The lowest BCUT2D eigenvalue weighted by Crippen LogP contribution is -3.00. The molecule has 6 atom stereocenters. The van der Waals surface area contributed by atoms with Crippen molar-refractivity contribution in [1.29, 1.82) is 0 Å². The van der Waals surface area contributed by atoms with Crippen LogP contribution in [0.3, 0.4) is 0 Å². The van der Waals surface area contributed by atoms with E-state index in [1.54, 1.807) is 14.2 Å². The number of fused-ring (bicyclic) bond motifs is 12. The molecule has 18 rings (SSSR count). The molecule has 101 heavy (non-hydrogen) atoms. The molecule has 4 aliphatic heterocycles. The van der Waals surface area contributed by atoms with Crippen LogP contribution in [-0.4, -0.2) is 55.9 Å². The Kier molecular flexibility index (Phi) is 21.3. The van der Waals surface area contributed by atoms with E-state index in [2.05, 4.69) is 275 Å². The molecule has 9 aromatic carbocycles. The number of hydrogen-bond acceptors (Lipinski definition) is 8. The highest BCUT2D eigenvalue weighted by Gasteiger charge is 2.46. The second-order valence-corrected chi connectivity index (χ2v) is 29.9. The zero-order valence-electron chi connectivity index (χ0n) is 58.7. The molecule has 0 amide bonds. The van der Waals surface area contributed by atoms with Crippen molar-refractivity contribution in [2.75, 3.05) is 42.2 Å². The quantitative estimate of drug-likeness (QED) is 0.0892. The second kappa shape index (κ2) is 30.1. The Bertz CT molecular complexity index is 4980. The molecule has 11 aromatic rings. The predicted molar refractivity (Wildman–Crippen MR) is 409 cm³/mol. The molecule has 0 spiro atoms. The Labute approximate surface area is 635 Å². The zero-order chi connectivity index (χ0) is 66.8. The molecular formula is C87H87Br3N6O3S2. The summed E-state index contributed by atoms with van der Waals surface area (Å²) in [4.78, 5) is 9.03. The number of rotatable bonds is 12. The van der Waals surface area contributed by atoms with Crippen LogP contribution in [0.15, 0.2) is 216 Å². The Balaban J connectivity index is 0.000000134. The molecular weight excluding hydrogens is 1480 g/mol. The molecule has 6 heterocycles. The van der Waals surface area contributed by atoms with Crippen molar-refractivity contribution >= 4 is 120 Å². The minimum Gasteiger partial charge on any atom is -1.00 e. The highest BCUT2D eigenvalue weighted by Crippen LogP contribution is 2.56. The third kappa shape index (κ3) is 13.3. The molecule has 2 aromatic heterocycles. The molecule has 7 aliphatic rings. The van der Waals surface area contributed by atoms with Gasteiger partial charge in [-0.05, 0) is 219 Å². The maximum absolute atomic E-state index is 6.03. The van der Waals surface area contributed by atoms with Crippen LogP contribution in [-0.2, 0) is 19.5 Å². The van der Waals surface area contributed by atoms with Crippen LogP contribution >= 0.6 is 23.1 Å². The van der Waals surface area contributed by atoms with Gasteiger partial charge in [0, 0.05) is 117 Å². The Morgan fingerprint density at radius 2 is 0.980 bits per heavy atom. The van der Waals surface area contributed by atoms with Gasteiger partial charge < -0.3 is 79.5 Å². The van der Waals surface area contributed by atoms with Gasteiger partial charge in [0.15, 0.2) is 5.71 Å². The maximum atomic E-state index is 6.03.